The van der Waals surface area contributed by atoms with Crippen molar-refractivity contribution in [2.45, 2.75) is 39.8 Å². The summed E-state index contributed by atoms with van der Waals surface area (Å²) in [7, 11) is 1.58. The molecule has 0 aliphatic heterocycles. The van der Waals surface area contributed by atoms with Crippen molar-refractivity contribution in [1.29, 1.82) is 0 Å². The van der Waals surface area contributed by atoms with Crippen LogP contribution in [-0.4, -0.2) is 34.4 Å². The van der Waals surface area contributed by atoms with E-state index in [2.05, 4.69) is 24.3 Å². The Hall–Kier alpha value is -2.34. The molecular weight excluding hydrogens is 318 g/mol. The quantitative estimate of drug-likeness (QED) is 0.771. The molecule has 2 N–H and O–H groups in total. The number of hydrogen-bond acceptors (Lipinski definition) is 4. The van der Waals surface area contributed by atoms with Gasteiger partial charge in [-0.15, -0.1) is 0 Å². The first-order valence-corrected chi connectivity index (χ1v) is 8.61. The number of aromatic nitrogens is 2. The van der Waals surface area contributed by atoms with Gasteiger partial charge in [0.25, 0.3) is 5.91 Å². The van der Waals surface area contributed by atoms with Gasteiger partial charge in [0.1, 0.15) is 5.75 Å². The number of carbonyl (C=O) groups is 1. The molecule has 2 rings (SSSR count). The van der Waals surface area contributed by atoms with Gasteiger partial charge in [0.15, 0.2) is 0 Å². The number of ether oxygens (including phenoxy) is 1. The number of aliphatic hydroxyl groups is 1. The van der Waals surface area contributed by atoms with Gasteiger partial charge in [0.2, 0.25) is 0 Å². The van der Waals surface area contributed by atoms with Crippen LogP contribution in [0.25, 0.3) is 0 Å². The van der Waals surface area contributed by atoms with Crippen molar-refractivity contribution in [3.8, 4) is 5.75 Å². The third kappa shape index (κ3) is 4.82. The van der Waals surface area contributed by atoms with E-state index in [1.54, 1.807) is 25.4 Å². The number of nitrogens with one attached hydrogen (secondary N) is 1. The molecule has 1 heterocycles. The molecule has 1 atom stereocenters. The lowest BCUT2D eigenvalue weighted by Crippen LogP contribution is -2.29. The molecule has 2 aromatic rings. The lowest BCUT2D eigenvalue weighted by molar-refractivity contribution is 0.0915. The number of hydrogen-bond donors (Lipinski definition) is 2. The van der Waals surface area contributed by atoms with E-state index >= 15 is 0 Å². The minimum Gasteiger partial charge on any atom is -0.497 e. The summed E-state index contributed by atoms with van der Waals surface area (Å²) in [6.07, 6.45) is 1.54. The van der Waals surface area contributed by atoms with Gasteiger partial charge < -0.3 is 15.2 Å². The van der Waals surface area contributed by atoms with E-state index in [1.807, 2.05) is 23.7 Å². The van der Waals surface area contributed by atoms with Gasteiger partial charge in [-0.3, -0.25) is 9.48 Å². The summed E-state index contributed by atoms with van der Waals surface area (Å²) in [5.74, 6) is 0.913. The molecule has 1 amide bonds. The van der Waals surface area contributed by atoms with Gasteiger partial charge in [0, 0.05) is 13.1 Å². The van der Waals surface area contributed by atoms with E-state index in [0.717, 1.165) is 18.7 Å². The largest absolute Gasteiger partial charge is 0.497 e. The third-order valence-electron chi connectivity index (χ3n) is 4.00. The topological polar surface area (TPSA) is 76.4 Å². The second-order valence-electron chi connectivity index (χ2n) is 6.44. The van der Waals surface area contributed by atoms with E-state index in [-0.39, 0.29) is 12.5 Å². The maximum absolute atomic E-state index is 12.5. The van der Waals surface area contributed by atoms with Gasteiger partial charge >= 0.3 is 0 Å². The first-order valence-electron chi connectivity index (χ1n) is 8.61. The number of methoxy groups -OCH3 is 1. The average Bonchev–Trinajstić information content (AvgIpc) is 3.01. The van der Waals surface area contributed by atoms with Crippen molar-refractivity contribution < 1.29 is 14.6 Å². The van der Waals surface area contributed by atoms with E-state index in [1.165, 1.54) is 0 Å². The summed E-state index contributed by atoms with van der Waals surface area (Å²) < 4.78 is 7.04. The highest BCUT2D eigenvalue weighted by molar-refractivity contribution is 5.95. The molecule has 6 heteroatoms. The molecule has 0 saturated heterocycles. The number of rotatable bonds is 8. The average molecular weight is 345 g/mol. The van der Waals surface area contributed by atoms with Crippen LogP contribution in [-0.2, 0) is 13.0 Å². The molecule has 25 heavy (non-hydrogen) atoms. The summed E-state index contributed by atoms with van der Waals surface area (Å²) in [6, 6.07) is 7.18. The summed E-state index contributed by atoms with van der Waals surface area (Å²) >= 11 is 0. The lowest BCUT2D eigenvalue weighted by Gasteiger charge is -2.14. The van der Waals surface area contributed by atoms with Crippen molar-refractivity contribution in [1.82, 2.24) is 15.1 Å². The molecule has 1 aromatic carbocycles. The highest BCUT2D eigenvalue weighted by atomic mass is 16.5. The van der Waals surface area contributed by atoms with Gasteiger partial charge in [-0.05, 0) is 30.0 Å². The van der Waals surface area contributed by atoms with Crippen molar-refractivity contribution in [3.63, 3.8) is 0 Å². The predicted octanol–water partition coefficient (Wildman–Crippen LogP) is 2.57. The Morgan fingerprint density at radius 2 is 2.16 bits per heavy atom. The minimum absolute atomic E-state index is 0.129. The Morgan fingerprint density at radius 3 is 2.80 bits per heavy atom. The van der Waals surface area contributed by atoms with Gasteiger partial charge in [-0.1, -0.05) is 32.9 Å². The monoisotopic (exact) mass is 345 g/mol. The van der Waals surface area contributed by atoms with E-state index < -0.39 is 6.10 Å². The Balaban J connectivity index is 2.03. The van der Waals surface area contributed by atoms with Gasteiger partial charge in [0.05, 0.1) is 30.7 Å². The van der Waals surface area contributed by atoms with Gasteiger partial charge in [-0.25, -0.2) is 0 Å². The molecule has 0 aliphatic carbocycles. The van der Waals surface area contributed by atoms with Crippen LogP contribution in [0.4, 0.5) is 0 Å². The van der Waals surface area contributed by atoms with Crippen molar-refractivity contribution in [2.24, 2.45) is 5.92 Å². The molecular formula is C19H27N3O3. The summed E-state index contributed by atoms with van der Waals surface area (Å²) in [4.78, 5) is 12.5. The lowest BCUT2D eigenvalue weighted by atomic mass is 10.1. The summed E-state index contributed by atoms with van der Waals surface area (Å²) in [6.45, 7) is 7.15. The van der Waals surface area contributed by atoms with Crippen LogP contribution in [0.15, 0.2) is 30.5 Å². The third-order valence-corrected chi connectivity index (χ3v) is 4.00. The van der Waals surface area contributed by atoms with Crippen LogP contribution in [0.1, 0.15) is 48.5 Å². The number of benzene rings is 1. The van der Waals surface area contributed by atoms with Crippen molar-refractivity contribution >= 4 is 5.91 Å². The van der Waals surface area contributed by atoms with E-state index in [4.69, 9.17) is 4.74 Å². The Morgan fingerprint density at radius 1 is 1.40 bits per heavy atom. The standard InChI is InChI=1S/C19H27N3O3/c1-5-17-16(10-21-22(17)12-13(2)3)19(24)20-11-18(23)14-7-6-8-15(9-14)25-4/h6-10,13,18,23H,5,11-12H2,1-4H3,(H,20,24). The fourth-order valence-corrected chi connectivity index (χ4v) is 2.73. The maximum atomic E-state index is 12.5. The van der Waals surface area contributed by atoms with E-state index in [0.29, 0.717) is 22.8 Å². The van der Waals surface area contributed by atoms with Gasteiger partial charge in [-0.2, -0.15) is 5.10 Å². The van der Waals surface area contributed by atoms with Crippen molar-refractivity contribution in [2.75, 3.05) is 13.7 Å². The fourth-order valence-electron chi connectivity index (χ4n) is 2.73. The summed E-state index contributed by atoms with van der Waals surface area (Å²) in [5.41, 5.74) is 2.19. The second kappa shape index (κ2) is 8.67. The zero-order valence-electron chi connectivity index (χ0n) is 15.3. The van der Waals surface area contributed by atoms with Crippen LogP contribution in [0.2, 0.25) is 0 Å². The molecule has 0 radical (unpaired) electrons. The van der Waals surface area contributed by atoms with Crippen LogP contribution in [0.5, 0.6) is 5.75 Å². The van der Waals surface area contributed by atoms with Crippen LogP contribution < -0.4 is 10.1 Å². The Labute approximate surface area is 148 Å². The number of carbonyl (C=O) groups excluding carboxylic acids is 1. The molecule has 0 saturated carbocycles. The number of amides is 1. The molecule has 136 valence electrons. The first-order chi connectivity index (χ1) is 12.0. The number of aliphatic hydroxyl groups excluding tert-OH is 1. The van der Waals surface area contributed by atoms with E-state index in [9.17, 15) is 9.90 Å². The molecule has 0 fully saturated rings. The highest BCUT2D eigenvalue weighted by Gasteiger charge is 2.18. The van der Waals surface area contributed by atoms with Crippen molar-refractivity contribution in [3.05, 3.63) is 47.3 Å². The first kappa shape index (κ1) is 19.0. The zero-order chi connectivity index (χ0) is 18.4. The summed E-state index contributed by atoms with van der Waals surface area (Å²) in [5, 5.41) is 17.4. The fraction of sp³-hybridized carbons (Fsp3) is 0.474. The molecule has 1 unspecified atom stereocenters. The predicted molar refractivity (Wildman–Crippen MR) is 96.7 cm³/mol. The normalized spacial score (nSPS) is 12.2. The number of nitrogens with zero attached hydrogens (tertiary/aromatic N) is 2. The van der Waals surface area contributed by atoms with Crippen LogP contribution in [0.3, 0.4) is 0 Å². The maximum Gasteiger partial charge on any atom is 0.254 e. The SMILES string of the molecule is CCc1c(C(=O)NCC(O)c2cccc(OC)c2)cnn1CC(C)C. The smallest absolute Gasteiger partial charge is 0.254 e. The molecule has 6 nitrogen and oxygen atoms in total. The zero-order valence-corrected chi connectivity index (χ0v) is 15.3. The molecule has 1 aromatic heterocycles. The molecule has 0 spiro atoms. The molecule has 0 aliphatic rings. The van der Waals surface area contributed by atoms with Crippen LogP contribution >= 0.6 is 0 Å². The highest BCUT2D eigenvalue weighted by Crippen LogP contribution is 2.19. The second-order valence-corrected chi connectivity index (χ2v) is 6.44. The molecule has 0 bridgehead atoms. The Kier molecular flexibility index (Phi) is 6.58. The van der Waals surface area contributed by atoms with Crippen LogP contribution in [0, 0.1) is 5.92 Å². The Bertz CT molecular complexity index is 710. The minimum atomic E-state index is -0.796.